The van der Waals surface area contributed by atoms with Crippen molar-refractivity contribution in [2.75, 3.05) is 13.1 Å². The molecule has 1 aromatic rings. The number of likely N-dealkylation sites (tertiary alicyclic amines) is 1. The van der Waals surface area contributed by atoms with Gasteiger partial charge in [-0.3, -0.25) is 0 Å². The van der Waals surface area contributed by atoms with Crippen LogP contribution in [0.15, 0.2) is 34.6 Å². The molecule has 1 fully saturated rings. The van der Waals surface area contributed by atoms with Gasteiger partial charge in [0.2, 0.25) is 0 Å². The zero-order valence-electron chi connectivity index (χ0n) is 9.13. The Morgan fingerprint density at radius 2 is 2.19 bits per heavy atom. The van der Waals surface area contributed by atoms with Crippen LogP contribution in [-0.4, -0.2) is 49.4 Å². The molecule has 1 aromatic heterocycles. The van der Waals surface area contributed by atoms with Crippen molar-refractivity contribution in [3.63, 3.8) is 0 Å². The van der Waals surface area contributed by atoms with E-state index in [9.17, 15) is 0 Å². The van der Waals surface area contributed by atoms with Gasteiger partial charge in [-0.15, -0.1) is 0 Å². The first-order valence-electron chi connectivity index (χ1n) is 5.23. The Labute approximate surface area is 103 Å². The first-order chi connectivity index (χ1) is 7.77. The molecule has 0 spiro atoms. The Bertz CT molecular complexity index is 409. The van der Waals surface area contributed by atoms with E-state index < -0.39 is 0 Å². The van der Waals surface area contributed by atoms with Gasteiger partial charge in [0.05, 0.1) is 0 Å². The topological polar surface area (TPSA) is 40.9 Å². The van der Waals surface area contributed by atoms with Crippen molar-refractivity contribution in [1.82, 2.24) is 9.88 Å². The van der Waals surface area contributed by atoms with Gasteiger partial charge in [0.15, 0.2) is 0 Å². The van der Waals surface area contributed by atoms with Gasteiger partial charge in [-0.05, 0) is 0 Å². The molecule has 5 heteroatoms. The molecule has 1 radical (unpaired) electrons. The fourth-order valence-electron chi connectivity index (χ4n) is 1.32. The summed E-state index contributed by atoms with van der Waals surface area (Å²) in [4.78, 5) is 6.37. The van der Waals surface area contributed by atoms with E-state index in [-0.39, 0.29) is 0 Å². The fourth-order valence-corrected chi connectivity index (χ4v) is 1.79. The predicted molar refractivity (Wildman–Crippen MR) is 65.8 cm³/mol. The quantitative estimate of drug-likeness (QED) is 0.351. The van der Waals surface area contributed by atoms with Crippen LogP contribution in [0.4, 0.5) is 0 Å². The molecule has 0 amide bonds. The Balaban J connectivity index is 2.06. The molecule has 83 valence electrons. The Morgan fingerprint density at radius 3 is 2.75 bits per heavy atom. The molecule has 1 aliphatic rings. The van der Waals surface area contributed by atoms with E-state index in [0.29, 0.717) is 0 Å². The van der Waals surface area contributed by atoms with Gasteiger partial charge >= 0.3 is 103 Å². The SMILES string of the molecule is C/C(=N/N=C(\[Se])N1CCC1)c1ccccn1. The number of hydrogen-bond donors (Lipinski definition) is 0. The number of hydrogen-bond acceptors (Lipinski definition) is 3. The van der Waals surface area contributed by atoms with Crippen LogP contribution >= 0.6 is 0 Å². The van der Waals surface area contributed by atoms with Gasteiger partial charge in [0.1, 0.15) is 0 Å². The zero-order valence-corrected chi connectivity index (χ0v) is 10.8. The summed E-state index contributed by atoms with van der Waals surface area (Å²) in [6, 6.07) is 5.76. The average molecular weight is 280 g/mol. The molecular weight excluding hydrogens is 267 g/mol. The van der Waals surface area contributed by atoms with Gasteiger partial charge < -0.3 is 0 Å². The van der Waals surface area contributed by atoms with Crippen molar-refractivity contribution in [2.24, 2.45) is 10.2 Å². The van der Waals surface area contributed by atoms with Gasteiger partial charge in [-0.1, -0.05) is 0 Å². The number of nitrogens with zero attached hydrogens (tertiary/aromatic N) is 4. The molecule has 0 N–H and O–H groups in total. The predicted octanol–water partition coefficient (Wildman–Crippen LogP) is 1.04. The summed E-state index contributed by atoms with van der Waals surface area (Å²) in [6.07, 6.45) is 3.00. The summed E-state index contributed by atoms with van der Waals surface area (Å²) >= 11 is 2.93. The molecular formula is C11H13N4Se. The molecule has 1 aliphatic heterocycles. The van der Waals surface area contributed by atoms with Crippen molar-refractivity contribution in [2.45, 2.75) is 13.3 Å². The molecule has 0 saturated carbocycles. The Kier molecular flexibility index (Phi) is 3.70. The Morgan fingerprint density at radius 1 is 1.38 bits per heavy atom. The van der Waals surface area contributed by atoms with Crippen LogP contribution in [0.3, 0.4) is 0 Å². The summed E-state index contributed by atoms with van der Waals surface area (Å²) in [5.74, 6) is 0. The van der Waals surface area contributed by atoms with Gasteiger partial charge in [0.25, 0.3) is 0 Å². The monoisotopic (exact) mass is 281 g/mol. The van der Waals surface area contributed by atoms with Gasteiger partial charge in [-0.2, -0.15) is 0 Å². The Hall–Kier alpha value is -1.19. The van der Waals surface area contributed by atoms with E-state index in [4.69, 9.17) is 0 Å². The summed E-state index contributed by atoms with van der Waals surface area (Å²) in [5.41, 5.74) is 1.69. The molecule has 0 atom stereocenters. The van der Waals surface area contributed by atoms with Crippen LogP contribution in [0.2, 0.25) is 0 Å². The third kappa shape index (κ3) is 2.68. The fraction of sp³-hybridized carbons (Fsp3) is 0.364. The van der Waals surface area contributed by atoms with Gasteiger partial charge in [0, 0.05) is 0 Å². The summed E-state index contributed by atoms with van der Waals surface area (Å²) in [6.45, 7) is 4.06. The molecule has 0 unspecified atom stereocenters. The molecule has 0 bridgehead atoms. The maximum atomic E-state index is 4.21. The van der Waals surface area contributed by atoms with E-state index in [0.717, 1.165) is 29.2 Å². The minimum absolute atomic E-state index is 0.828. The second-order valence-corrected chi connectivity index (χ2v) is 4.39. The molecule has 2 rings (SSSR count). The second-order valence-electron chi connectivity index (χ2n) is 3.62. The van der Waals surface area contributed by atoms with Crippen LogP contribution in [0.25, 0.3) is 0 Å². The summed E-state index contributed by atoms with van der Waals surface area (Å²) in [7, 11) is 0. The molecule has 1 saturated heterocycles. The van der Waals surface area contributed by atoms with Crippen LogP contribution in [0, 0.1) is 0 Å². The standard InChI is InChI=1S/C11H13N4Se/c1-9(10-5-2-3-6-12-10)13-14-11(16)15-7-4-8-15/h2-3,5-6H,4,7-8H2,1H3/b13-9-,14-11-. The van der Waals surface area contributed by atoms with Crippen molar-refractivity contribution in [3.05, 3.63) is 30.1 Å². The third-order valence-electron chi connectivity index (χ3n) is 2.45. The van der Waals surface area contributed by atoms with E-state index in [1.807, 2.05) is 25.1 Å². The van der Waals surface area contributed by atoms with Crippen LogP contribution in [-0.2, 0) is 0 Å². The van der Waals surface area contributed by atoms with Gasteiger partial charge in [-0.25, -0.2) is 0 Å². The van der Waals surface area contributed by atoms with E-state index in [2.05, 4.69) is 36.1 Å². The van der Waals surface area contributed by atoms with Crippen LogP contribution in [0.1, 0.15) is 19.0 Å². The van der Waals surface area contributed by atoms with Crippen LogP contribution < -0.4 is 0 Å². The number of amidine groups is 1. The first kappa shape index (κ1) is 11.3. The van der Waals surface area contributed by atoms with Crippen molar-refractivity contribution < 1.29 is 0 Å². The van der Waals surface area contributed by atoms with E-state index in [1.165, 1.54) is 6.42 Å². The molecule has 2 heterocycles. The van der Waals surface area contributed by atoms with Crippen LogP contribution in [0.5, 0.6) is 0 Å². The molecule has 16 heavy (non-hydrogen) atoms. The first-order valence-corrected chi connectivity index (χ1v) is 6.08. The van der Waals surface area contributed by atoms with Crippen molar-refractivity contribution in [3.8, 4) is 0 Å². The maximum absolute atomic E-state index is 4.21. The van der Waals surface area contributed by atoms with Crippen molar-refractivity contribution >= 4 is 26.5 Å². The average Bonchev–Trinajstić information content (AvgIpc) is 2.25. The van der Waals surface area contributed by atoms with E-state index in [1.54, 1.807) is 6.20 Å². The number of aromatic nitrogens is 1. The molecule has 0 aromatic carbocycles. The number of pyridine rings is 1. The third-order valence-corrected chi connectivity index (χ3v) is 3.16. The normalized spacial score (nSPS) is 17.2. The second kappa shape index (κ2) is 5.23. The molecule has 0 aliphatic carbocycles. The summed E-state index contributed by atoms with van der Waals surface area (Å²) in [5, 5.41) is 8.32. The minimum atomic E-state index is 0.828. The number of rotatable bonds is 2. The zero-order chi connectivity index (χ0) is 11.4. The van der Waals surface area contributed by atoms with E-state index >= 15 is 0 Å². The molecule has 4 nitrogen and oxygen atoms in total. The van der Waals surface area contributed by atoms with Crippen molar-refractivity contribution in [1.29, 1.82) is 0 Å². The summed E-state index contributed by atoms with van der Waals surface area (Å²) < 4.78 is 0.863.